The Labute approximate surface area is 150 Å². The number of carbonyl (C=O) groups is 3. The fraction of sp³-hybridized carbons (Fsp3) is 0.211. The number of anilines is 1. The van der Waals surface area contributed by atoms with Gasteiger partial charge >= 0.3 is 17.8 Å². The fourth-order valence-corrected chi connectivity index (χ4v) is 2.21. The summed E-state index contributed by atoms with van der Waals surface area (Å²) in [5, 5.41) is 4.88. The summed E-state index contributed by atoms with van der Waals surface area (Å²) >= 11 is 0. The Kier molecular flexibility index (Phi) is 6.84. The normalized spacial score (nSPS) is 10.1. The second-order valence-electron chi connectivity index (χ2n) is 5.35. The molecule has 26 heavy (non-hydrogen) atoms. The summed E-state index contributed by atoms with van der Waals surface area (Å²) in [7, 11) is 0. The molecule has 2 amide bonds. The topological polar surface area (TPSA) is 84.5 Å². The number of carbonyl (C=O) groups excluding carboxylic acids is 3. The van der Waals surface area contributed by atoms with Crippen LogP contribution in [0.1, 0.15) is 22.8 Å². The Morgan fingerprint density at radius 1 is 1.00 bits per heavy atom. The van der Waals surface area contributed by atoms with Crippen LogP contribution in [0.25, 0.3) is 0 Å². The van der Waals surface area contributed by atoms with Gasteiger partial charge in [0.2, 0.25) is 0 Å². The van der Waals surface area contributed by atoms with E-state index in [2.05, 4.69) is 10.6 Å². The summed E-state index contributed by atoms with van der Waals surface area (Å²) in [6.45, 7) is 2.09. The number of hydrogen-bond acceptors (Lipinski definition) is 4. The molecular weight excluding hydrogens is 339 g/mol. The standard InChI is InChI=1S/C19H19FN2O4/c1-2-26-19(25)15-5-3-4-6-16(15)22-18(24)17(23)21-12-11-13-7-9-14(20)10-8-13/h3-10H,2,11-12H2,1H3,(H,21,23)(H,22,24). The van der Waals surface area contributed by atoms with Gasteiger partial charge in [0, 0.05) is 6.54 Å². The Morgan fingerprint density at radius 2 is 1.69 bits per heavy atom. The van der Waals surface area contributed by atoms with Crippen molar-refractivity contribution in [1.29, 1.82) is 0 Å². The van der Waals surface area contributed by atoms with E-state index in [0.29, 0.717) is 6.42 Å². The molecule has 0 aliphatic heterocycles. The molecular formula is C19H19FN2O4. The average molecular weight is 358 g/mol. The second-order valence-corrected chi connectivity index (χ2v) is 5.35. The Bertz CT molecular complexity index is 790. The van der Waals surface area contributed by atoms with Crippen LogP contribution in [0.15, 0.2) is 48.5 Å². The van der Waals surface area contributed by atoms with Crippen molar-refractivity contribution >= 4 is 23.5 Å². The number of para-hydroxylation sites is 1. The highest BCUT2D eigenvalue weighted by Crippen LogP contribution is 2.16. The van der Waals surface area contributed by atoms with E-state index < -0.39 is 17.8 Å². The van der Waals surface area contributed by atoms with Crippen molar-refractivity contribution in [2.75, 3.05) is 18.5 Å². The number of benzene rings is 2. The zero-order valence-corrected chi connectivity index (χ0v) is 14.3. The maximum atomic E-state index is 12.8. The predicted molar refractivity (Wildman–Crippen MR) is 94.1 cm³/mol. The van der Waals surface area contributed by atoms with Crippen LogP contribution in [0.4, 0.5) is 10.1 Å². The quantitative estimate of drug-likeness (QED) is 0.613. The lowest BCUT2D eigenvalue weighted by Gasteiger charge is -2.10. The van der Waals surface area contributed by atoms with E-state index in [-0.39, 0.29) is 30.2 Å². The molecule has 136 valence electrons. The first-order valence-corrected chi connectivity index (χ1v) is 8.11. The van der Waals surface area contributed by atoms with E-state index in [1.807, 2.05) is 0 Å². The first-order valence-electron chi connectivity index (χ1n) is 8.11. The lowest BCUT2D eigenvalue weighted by atomic mass is 10.1. The highest BCUT2D eigenvalue weighted by Gasteiger charge is 2.18. The molecule has 0 heterocycles. The molecule has 7 heteroatoms. The molecule has 0 radical (unpaired) electrons. The first-order chi connectivity index (χ1) is 12.5. The van der Waals surface area contributed by atoms with Gasteiger partial charge in [0.05, 0.1) is 17.9 Å². The van der Waals surface area contributed by atoms with Crippen LogP contribution in [-0.2, 0) is 20.7 Å². The van der Waals surface area contributed by atoms with E-state index in [9.17, 15) is 18.8 Å². The minimum absolute atomic E-state index is 0.168. The summed E-state index contributed by atoms with van der Waals surface area (Å²) in [6.07, 6.45) is 0.457. The van der Waals surface area contributed by atoms with Crippen molar-refractivity contribution in [3.05, 3.63) is 65.5 Å². The zero-order chi connectivity index (χ0) is 18.9. The number of hydrogen-bond donors (Lipinski definition) is 2. The van der Waals surface area contributed by atoms with E-state index in [1.54, 1.807) is 31.2 Å². The molecule has 0 bridgehead atoms. The van der Waals surface area contributed by atoms with Crippen LogP contribution in [0.3, 0.4) is 0 Å². The Balaban J connectivity index is 1.90. The summed E-state index contributed by atoms with van der Waals surface area (Å²) < 4.78 is 17.7. The largest absolute Gasteiger partial charge is 0.462 e. The zero-order valence-electron chi connectivity index (χ0n) is 14.3. The van der Waals surface area contributed by atoms with E-state index >= 15 is 0 Å². The van der Waals surface area contributed by atoms with Gasteiger partial charge in [0.25, 0.3) is 0 Å². The third-order valence-electron chi connectivity index (χ3n) is 3.49. The van der Waals surface area contributed by atoms with Gasteiger partial charge in [-0.3, -0.25) is 9.59 Å². The summed E-state index contributed by atoms with van der Waals surface area (Å²) in [5.74, 6) is -2.64. The molecule has 0 atom stereocenters. The maximum Gasteiger partial charge on any atom is 0.340 e. The van der Waals surface area contributed by atoms with Crippen LogP contribution in [0.5, 0.6) is 0 Å². The molecule has 0 unspecified atom stereocenters. The van der Waals surface area contributed by atoms with Gasteiger partial charge in [-0.1, -0.05) is 24.3 Å². The summed E-state index contributed by atoms with van der Waals surface area (Å²) in [6, 6.07) is 12.1. The Hall–Kier alpha value is -3.22. The van der Waals surface area contributed by atoms with Gasteiger partial charge in [-0.25, -0.2) is 9.18 Å². The highest BCUT2D eigenvalue weighted by atomic mass is 19.1. The highest BCUT2D eigenvalue weighted by molar-refractivity contribution is 6.40. The smallest absolute Gasteiger partial charge is 0.340 e. The molecule has 0 spiro atoms. The molecule has 2 aromatic carbocycles. The molecule has 0 aromatic heterocycles. The molecule has 6 nitrogen and oxygen atoms in total. The number of rotatable bonds is 6. The monoisotopic (exact) mass is 358 g/mol. The van der Waals surface area contributed by atoms with Crippen molar-refractivity contribution in [2.45, 2.75) is 13.3 Å². The predicted octanol–water partition coefficient (Wildman–Crippen LogP) is 2.30. The second kappa shape index (κ2) is 9.31. The average Bonchev–Trinajstić information content (AvgIpc) is 2.64. The lowest BCUT2D eigenvalue weighted by molar-refractivity contribution is -0.136. The first kappa shape index (κ1) is 19.1. The van der Waals surface area contributed by atoms with E-state index in [0.717, 1.165) is 5.56 Å². The molecule has 0 fully saturated rings. The Morgan fingerprint density at radius 3 is 2.38 bits per heavy atom. The molecule has 0 aliphatic rings. The van der Waals surface area contributed by atoms with Gasteiger partial charge in [-0.15, -0.1) is 0 Å². The number of halogens is 1. The third-order valence-corrected chi connectivity index (χ3v) is 3.49. The minimum atomic E-state index is -0.888. The van der Waals surface area contributed by atoms with Crippen LogP contribution >= 0.6 is 0 Å². The number of ether oxygens (including phenoxy) is 1. The van der Waals surface area contributed by atoms with E-state index in [1.165, 1.54) is 24.3 Å². The minimum Gasteiger partial charge on any atom is -0.462 e. The maximum absolute atomic E-state index is 12.8. The van der Waals surface area contributed by atoms with Crippen molar-refractivity contribution in [3.8, 4) is 0 Å². The molecule has 2 N–H and O–H groups in total. The van der Waals surface area contributed by atoms with Gasteiger partial charge in [0.15, 0.2) is 0 Å². The number of amides is 2. The fourth-order valence-electron chi connectivity index (χ4n) is 2.21. The summed E-state index contributed by atoms with van der Waals surface area (Å²) in [5.41, 5.74) is 1.20. The van der Waals surface area contributed by atoms with Gasteiger partial charge in [0.1, 0.15) is 5.82 Å². The van der Waals surface area contributed by atoms with Gasteiger partial charge in [-0.2, -0.15) is 0 Å². The van der Waals surface area contributed by atoms with E-state index in [4.69, 9.17) is 4.74 Å². The van der Waals surface area contributed by atoms with Crippen LogP contribution in [-0.4, -0.2) is 30.9 Å². The van der Waals surface area contributed by atoms with Crippen LogP contribution < -0.4 is 10.6 Å². The van der Waals surface area contributed by atoms with Crippen LogP contribution in [0, 0.1) is 5.82 Å². The molecule has 2 aromatic rings. The SMILES string of the molecule is CCOC(=O)c1ccccc1NC(=O)C(=O)NCCc1ccc(F)cc1. The third kappa shape index (κ3) is 5.41. The molecule has 0 saturated heterocycles. The molecule has 0 saturated carbocycles. The van der Waals surface area contributed by atoms with Crippen molar-refractivity contribution in [2.24, 2.45) is 0 Å². The lowest BCUT2D eigenvalue weighted by Crippen LogP contribution is -2.36. The van der Waals surface area contributed by atoms with Gasteiger partial charge < -0.3 is 15.4 Å². The van der Waals surface area contributed by atoms with Crippen molar-refractivity contribution < 1.29 is 23.5 Å². The van der Waals surface area contributed by atoms with Crippen LogP contribution in [0.2, 0.25) is 0 Å². The van der Waals surface area contributed by atoms with Crippen molar-refractivity contribution in [3.63, 3.8) is 0 Å². The summed E-state index contributed by atoms with van der Waals surface area (Å²) in [4.78, 5) is 35.8. The number of esters is 1. The molecule has 0 aliphatic carbocycles. The number of nitrogens with one attached hydrogen (secondary N) is 2. The van der Waals surface area contributed by atoms with Crippen molar-refractivity contribution in [1.82, 2.24) is 5.32 Å². The molecule has 2 rings (SSSR count). The van der Waals surface area contributed by atoms with Gasteiger partial charge in [-0.05, 0) is 43.2 Å².